The van der Waals surface area contributed by atoms with E-state index in [1.54, 1.807) is 0 Å². The number of fused-ring (bicyclic) bond motifs is 2. The summed E-state index contributed by atoms with van der Waals surface area (Å²) in [5, 5.41) is 0. The van der Waals surface area contributed by atoms with E-state index in [2.05, 4.69) is 4.90 Å². The number of nitrogens with zero attached hydrogens (tertiary/aromatic N) is 1. The van der Waals surface area contributed by atoms with Crippen molar-refractivity contribution in [3.05, 3.63) is 11.6 Å². The third kappa shape index (κ3) is 2.32. The lowest BCUT2D eigenvalue weighted by Gasteiger charge is -2.39. The van der Waals surface area contributed by atoms with Crippen LogP contribution in [0, 0.1) is 5.92 Å². The molecule has 3 saturated heterocycles. The summed E-state index contributed by atoms with van der Waals surface area (Å²) in [5.74, 6) is -0.234. The maximum atomic E-state index is 12.1. The molecule has 5 atom stereocenters. The Hall–Kier alpha value is -1.36. The first-order valence-electron chi connectivity index (χ1n) is 8.88. The van der Waals surface area contributed by atoms with Crippen molar-refractivity contribution in [1.29, 1.82) is 0 Å². The van der Waals surface area contributed by atoms with Crippen LogP contribution in [0.3, 0.4) is 0 Å². The Labute approximate surface area is 137 Å². The van der Waals surface area contributed by atoms with Crippen molar-refractivity contribution in [3.8, 4) is 0 Å². The number of hydrogen-bond donors (Lipinski definition) is 0. The van der Waals surface area contributed by atoms with E-state index in [1.807, 2.05) is 19.9 Å². The van der Waals surface area contributed by atoms with Gasteiger partial charge >= 0.3 is 11.9 Å². The number of carbonyl (C=O) groups is 2. The van der Waals surface area contributed by atoms with Crippen molar-refractivity contribution in [2.75, 3.05) is 6.54 Å². The molecule has 1 spiro atoms. The second kappa shape index (κ2) is 5.33. The molecular formula is C18H25NO4. The second-order valence-corrected chi connectivity index (χ2v) is 7.67. The molecule has 5 nitrogen and oxygen atoms in total. The number of cyclic esters (lactones) is 1. The molecule has 4 rings (SSSR count). The van der Waals surface area contributed by atoms with E-state index in [4.69, 9.17) is 9.47 Å². The monoisotopic (exact) mass is 319 g/mol. The first-order valence-corrected chi connectivity index (χ1v) is 8.88. The molecule has 0 amide bonds. The highest BCUT2D eigenvalue weighted by Gasteiger charge is 2.56. The van der Waals surface area contributed by atoms with Gasteiger partial charge in [-0.1, -0.05) is 6.92 Å². The Morgan fingerprint density at radius 1 is 1.26 bits per heavy atom. The number of ether oxygens (including phenoxy) is 2. The summed E-state index contributed by atoms with van der Waals surface area (Å²) < 4.78 is 11.5. The van der Waals surface area contributed by atoms with E-state index >= 15 is 0 Å². The first kappa shape index (κ1) is 15.2. The van der Waals surface area contributed by atoms with Crippen LogP contribution in [0.1, 0.15) is 52.4 Å². The number of carbonyl (C=O) groups excluding carboxylic acids is 2. The molecule has 5 heteroatoms. The molecule has 4 aliphatic heterocycles. The van der Waals surface area contributed by atoms with Crippen LogP contribution in [0.2, 0.25) is 0 Å². The van der Waals surface area contributed by atoms with Crippen molar-refractivity contribution in [2.45, 2.75) is 76.2 Å². The van der Waals surface area contributed by atoms with Gasteiger partial charge in [-0.15, -0.1) is 0 Å². The van der Waals surface area contributed by atoms with E-state index < -0.39 is 0 Å². The first-order chi connectivity index (χ1) is 11.0. The fraction of sp³-hybridized carbons (Fsp3) is 0.778. The minimum Gasteiger partial charge on any atom is -0.457 e. The van der Waals surface area contributed by atoms with Crippen molar-refractivity contribution in [1.82, 2.24) is 4.90 Å². The van der Waals surface area contributed by atoms with E-state index in [-0.39, 0.29) is 41.6 Å². The van der Waals surface area contributed by atoms with E-state index in [0.29, 0.717) is 5.57 Å². The predicted molar refractivity (Wildman–Crippen MR) is 83.6 cm³/mol. The van der Waals surface area contributed by atoms with E-state index in [9.17, 15) is 9.59 Å². The van der Waals surface area contributed by atoms with Gasteiger partial charge in [0.05, 0.1) is 18.0 Å². The summed E-state index contributed by atoms with van der Waals surface area (Å²) in [5.41, 5.74) is 0.396. The minimum absolute atomic E-state index is 0.000415. The lowest BCUT2D eigenvalue weighted by atomic mass is 9.83. The van der Waals surface area contributed by atoms with Gasteiger partial charge in [0.15, 0.2) is 0 Å². The average Bonchev–Trinajstić information content (AvgIpc) is 3.11. The van der Waals surface area contributed by atoms with Gasteiger partial charge in [-0.2, -0.15) is 0 Å². The highest BCUT2D eigenvalue weighted by molar-refractivity contribution is 5.90. The van der Waals surface area contributed by atoms with Gasteiger partial charge in [0.25, 0.3) is 0 Å². The SMILES string of the molecule is CC1=CC([C@@H]2CC[C@@H]3N2CCCC[C@]32C[C@@H](C)C(=O)O2)OC1=O. The molecule has 126 valence electrons. The van der Waals surface area contributed by atoms with Crippen LogP contribution in [0.15, 0.2) is 11.6 Å². The van der Waals surface area contributed by atoms with Gasteiger partial charge in [0, 0.05) is 12.0 Å². The summed E-state index contributed by atoms with van der Waals surface area (Å²) in [6, 6.07) is 0.503. The Kier molecular flexibility index (Phi) is 3.52. The Morgan fingerprint density at radius 2 is 2.09 bits per heavy atom. The summed E-state index contributed by atoms with van der Waals surface area (Å²) in [4.78, 5) is 26.3. The molecule has 0 N–H and O–H groups in total. The fourth-order valence-electron chi connectivity index (χ4n) is 5.07. The van der Waals surface area contributed by atoms with E-state index in [1.165, 1.54) is 0 Å². The largest absolute Gasteiger partial charge is 0.457 e. The van der Waals surface area contributed by atoms with Gasteiger partial charge in [-0.05, 0) is 51.6 Å². The molecule has 23 heavy (non-hydrogen) atoms. The second-order valence-electron chi connectivity index (χ2n) is 7.67. The smallest absolute Gasteiger partial charge is 0.334 e. The quantitative estimate of drug-likeness (QED) is 0.694. The van der Waals surface area contributed by atoms with Crippen molar-refractivity contribution in [3.63, 3.8) is 0 Å². The Balaban J connectivity index is 1.60. The number of rotatable bonds is 1. The summed E-state index contributed by atoms with van der Waals surface area (Å²) in [6.45, 7) is 4.80. The fourth-order valence-corrected chi connectivity index (χ4v) is 5.07. The summed E-state index contributed by atoms with van der Waals surface area (Å²) in [6.07, 6.45) is 7.86. The van der Waals surface area contributed by atoms with Gasteiger partial charge < -0.3 is 9.47 Å². The number of esters is 2. The maximum absolute atomic E-state index is 12.1. The van der Waals surface area contributed by atoms with Crippen molar-refractivity contribution < 1.29 is 19.1 Å². The third-order valence-corrected chi connectivity index (χ3v) is 6.15. The highest BCUT2D eigenvalue weighted by Crippen LogP contribution is 2.47. The van der Waals surface area contributed by atoms with Crippen LogP contribution >= 0.6 is 0 Å². The summed E-state index contributed by atoms with van der Waals surface area (Å²) >= 11 is 0. The molecule has 4 heterocycles. The molecule has 0 aromatic rings. The normalized spacial score (nSPS) is 44.0. The van der Waals surface area contributed by atoms with Crippen molar-refractivity contribution in [2.24, 2.45) is 5.92 Å². The van der Waals surface area contributed by atoms with Gasteiger partial charge in [-0.3, -0.25) is 9.69 Å². The third-order valence-electron chi connectivity index (χ3n) is 6.15. The molecule has 0 radical (unpaired) electrons. The van der Waals surface area contributed by atoms with Crippen LogP contribution in [0.25, 0.3) is 0 Å². The van der Waals surface area contributed by atoms with Crippen LogP contribution in [-0.2, 0) is 19.1 Å². The molecule has 0 saturated carbocycles. The molecule has 4 aliphatic rings. The molecule has 0 aromatic carbocycles. The zero-order valence-corrected chi connectivity index (χ0v) is 13.9. The zero-order chi connectivity index (χ0) is 16.2. The Morgan fingerprint density at radius 3 is 2.74 bits per heavy atom. The molecule has 0 aromatic heterocycles. The zero-order valence-electron chi connectivity index (χ0n) is 13.9. The number of hydrogen-bond acceptors (Lipinski definition) is 5. The molecule has 3 fully saturated rings. The highest BCUT2D eigenvalue weighted by atomic mass is 16.6. The van der Waals surface area contributed by atoms with Gasteiger partial charge in [-0.25, -0.2) is 4.79 Å². The van der Waals surface area contributed by atoms with Gasteiger partial charge in [0.2, 0.25) is 0 Å². The lowest BCUT2D eigenvalue weighted by Crippen LogP contribution is -2.52. The Bertz CT molecular complexity index is 571. The maximum Gasteiger partial charge on any atom is 0.334 e. The predicted octanol–water partition coefficient (Wildman–Crippen LogP) is 2.20. The van der Waals surface area contributed by atoms with Crippen molar-refractivity contribution >= 4 is 11.9 Å². The molecule has 0 bridgehead atoms. The van der Waals surface area contributed by atoms with Crippen LogP contribution in [-0.4, -0.2) is 47.2 Å². The average molecular weight is 319 g/mol. The van der Waals surface area contributed by atoms with E-state index in [0.717, 1.165) is 45.1 Å². The standard InChI is InChI=1S/C18H25NO4/c1-11-9-14(22-16(11)20)13-5-6-15-18(7-3-4-8-19(13)15)10-12(2)17(21)23-18/h9,12-15H,3-8,10H2,1-2H3/t12-,13+,14?,15+,18+/m1/s1. The van der Waals surface area contributed by atoms with Crippen LogP contribution in [0.4, 0.5) is 0 Å². The van der Waals surface area contributed by atoms with Gasteiger partial charge in [0.1, 0.15) is 11.7 Å². The van der Waals surface area contributed by atoms with Crippen LogP contribution < -0.4 is 0 Å². The molecule has 1 unspecified atom stereocenters. The summed E-state index contributed by atoms with van der Waals surface area (Å²) in [7, 11) is 0. The molecule has 0 aliphatic carbocycles. The lowest BCUT2D eigenvalue weighted by molar-refractivity contribution is -0.155. The minimum atomic E-state index is -0.316. The topological polar surface area (TPSA) is 55.8 Å². The van der Waals surface area contributed by atoms with Crippen LogP contribution in [0.5, 0.6) is 0 Å². The molecular weight excluding hydrogens is 294 g/mol.